The van der Waals surface area contributed by atoms with Crippen LogP contribution in [-0.2, 0) is 0 Å². The van der Waals surface area contributed by atoms with Crippen LogP contribution in [0.4, 0.5) is 8.78 Å². The van der Waals surface area contributed by atoms with Crippen molar-refractivity contribution in [3.05, 3.63) is 22.4 Å². The molecule has 0 radical (unpaired) electrons. The Labute approximate surface area is 93.5 Å². The first-order chi connectivity index (χ1) is 7.15. The van der Waals surface area contributed by atoms with E-state index in [-0.39, 0.29) is 6.04 Å². The van der Waals surface area contributed by atoms with Crippen molar-refractivity contribution in [2.45, 2.75) is 45.2 Å². The van der Waals surface area contributed by atoms with Gasteiger partial charge in [0, 0.05) is 10.9 Å². The third kappa shape index (κ3) is 3.87. The van der Waals surface area contributed by atoms with Crippen molar-refractivity contribution in [1.29, 1.82) is 0 Å². The summed E-state index contributed by atoms with van der Waals surface area (Å²) in [4.78, 5) is 1.14. The van der Waals surface area contributed by atoms with E-state index >= 15 is 0 Å². The third-order valence-electron chi connectivity index (χ3n) is 2.31. The molecule has 1 rings (SSSR count). The van der Waals surface area contributed by atoms with E-state index in [1.807, 2.05) is 17.5 Å². The van der Waals surface area contributed by atoms with Crippen molar-refractivity contribution in [1.82, 2.24) is 5.32 Å². The highest BCUT2D eigenvalue weighted by Crippen LogP contribution is 2.24. The van der Waals surface area contributed by atoms with Crippen LogP contribution in [0.15, 0.2) is 17.5 Å². The molecule has 0 aliphatic rings. The molecule has 2 atom stereocenters. The quantitative estimate of drug-likeness (QED) is 0.787. The van der Waals surface area contributed by atoms with Crippen LogP contribution in [0, 0.1) is 0 Å². The lowest BCUT2D eigenvalue weighted by Crippen LogP contribution is -2.35. The lowest BCUT2D eigenvalue weighted by Gasteiger charge is -2.21. The first-order valence-corrected chi connectivity index (χ1v) is 6.10. The monoisotopic (exact) mass is 233 g/mol. The molecule has 1 aromatic rings. The van der Waals surface area contributed by atoms with Gasteiger partial charge in [0.25, 0.3) is 6.43 Å². The van der Waals surface area contributed by atoms with E-state index in [0.717, 1.165) is 17.7 Å². The van der Waals surface area contributed by atoms with Gasteiger partial charge in [0.15, 0.2) is 0 Å². The Kier molecular flexibility index (Phi) is 5.19. The first-order valence-electron chi connectivity index (χ1n) is 5.22. The van der Waals surface area contributed by atoms with Crippen LogP contribution in [0.25, 0.3) is 0 Å². The summed E-state index contributed by atoms with van der Waals surface area (Å²) in [6, 6.07) is 3.27. The smallest absolute Gasteiger partial charge is 0.253 e. The SMILES string of the molecule is CCCC(NC(C)C(F)F)c1cccs1. The number of thiophene rings is 1. The Balaban J connectivity index is 2.59. The highest BCUT2D eigenvalue weighted by atomic mass is 32.1. The second-order valence-corrected chi connectivity index (χ2v) is 4.63. The molecule has 0 bridgehead atoms. The highest BCUT2D eigenvalue weighted by Gasteiger charge is 2.20. The first kappa shape index (κ1) is 12.6. The lowest BCUT2D eigenvalue weighted by atomic mass is 10.1. The molecule has 0 aliphatic carbocycles. The van der Waals surface area contributed by atoms with E-state index < -0.39 is 12.5 Å². The molecular weight excluding hydrogens is 216 g/mol. The largest absolute Gasteiger partial charge is 0.301 e. The minimum atomic E-state index is -2.30. The van der Waals surface area contributed by atoms with E-state index in [0.29, 0.717) is 0 Å². The van der Waals surface area contributed by atoms with E-state index in [4.69, 9.17) is 0 Å². The van der Waals surface area contributed by atoms with E-state index in [1.54, 1.807) is 11.3 Å². The van der Waals surface area contributed by atoms with Crippen LogP contribution in [0.5, 0.6) is 0 Å². The summed E-state index contributed by atoms with van der Waals surface area (Å²) in [5.74, 6) is 0. The topological polar surface area (TPSA) is 12.0 Å². The highest BCUT2D eigenvalue weighted by molar-refractivity contribution is 7.10. The maximum absolute atomic E-state index is 12.4. The Morgan fingerprint density at radius 1 is 1.47 bits per heavy atom. The van der Waals surface area contributed by atoms with Crippen LogP contribution in [0.1, 0.15) is 37.6 Å². The normalized spacial score (nSPS) is 15.5. The molecule has 0 amide bonds. The van der Waals surface area contributed by atoms with Crippen molar-refractivity contribution in [3.63, 3.8) is 0 Å². The molecule has 1 heterocycles. The molecule has 1 aromatic heterocycles. The van der Waals surface area contributed by atoms with Crippen molar-refractivity contribution in [3.8, 4) is 0 Å². The third-order valence-corrected chi connectivity index (χ3v) is 3.29. The van der Waals surface area contributed by atoms with Gasteiger partial charge >= 0.3 is 0 Å². The zero-order chi connectivity index (χ0) is 11.3. The van der Waals surface area contributed by atoms with Gasteiger partial charge in [0.2, 0.25) is 0 Å². The standard InChI is InChI=1S/C11H17F2NS/c1-3-5-9(10-6-4-7-15-10)14-8(2)11(12)13/h4,6-9,11,14H,3,5H2,1-2H3. The van der Waals surface area contributed by atoms with Crippen molar-refractivity contribution < 1.29 is 8.78 Å². The zero-order valence-corrected chi connectivity index (χ0v) is 9.86. The van der Waals surface area contributed by atoms with Crippen molar-refractivity contribution in [2.75, 3.05) is 0 Å². The van der Waals surface area contributed by atoms with Gasteiger partial charge in [-0.2, -0.15) is 0 Å². The van der Waals surface area contributed by atoms with Crippen molar-refractivity contribution in [2.24, 2.45) is 0 Å². The maximum atomic E-state index is 12.4. The fourth-order valence-corrected chi connectivity index (χ4v) is 2.30. The minimum absolute atomic E-state index is 0.0685. The maximum Gasteiger partial charge on any atom is 0.253 e. The molecule has 0 fully saturated rings. The number of hydrogen-bond donors (Lipinski definition) is 1. The summed E-state index contributed by atoms with van der Waals surface area (Å²) in [6.07, 6.45) is -0.410. The molecule has 4 heteroatoms. The zero-order valence-electron chi connectivity index (χ0n) is 9.04. The van der Waals surface area contributed by atoms with Crippen LogP contribution in [0.2, 0.25) is 0 Å². The van der Waals surface area contributed by atoms with E-state index in [2.05, 4.69) is 12.2 Å². The number of nitrogens with one attached hydrogen (secondary N) is 1. The summed E-state index contributed by atoms with van der Waals surface area (Å²) in [5.41, 5.74) is 0. The summed E-state index contributed by atoms with van der Waals surface area (Å²) in [6.45, 7) is 3.59. The summed E-state index contributed by atoms with van der Waals surface area (Å²) < 4.78 is 24.8. The summed E-state index contributed by atoms with van der Waals surface area (Å²) >= 11 is 1.62. The fourth-order valence-electron chi connectivity index (χ4n) is 1.48. The van der Waals surface area contributed by atoms with Crippen LogP contribution in [-0.4, -0.2) is 12.5 Å². The second kappa shape index (κ2) is 6.18. The molecule has 1 N–H and O–H groups in total. The predicted octanol–water partition coefficient (Wildman–Crippen LogP) is 3.83. The van der Waals surface area contributed by atoms with Gasteiger partial charge < -0.3 is 5.32 Å². The number of rotatable bonds is 6. The molecule has 0 saturated heterocycles. The number of halogens is 2. The second-order valence-electron chi connectivity index (χ2n) is 3.65. The van der Waals surface area contributed by atoms with Gasteiger partial charge in [-0.25, -0.2) is 8.78 Å². The van der Waals surface area contributed by atoms with E-state index in [1.165, 1.54) is 6.92 Å². The minimum Gasteiger partial charge on any atom is -0.301 e. The Hall–Kier alpha value is -0.480. The Morgan fingerprint density at radius 2 is 2.20 bits per heavy atom. The lowest BCUT2D eigenvalue weighted by molar-refractivity contribution is 0.0993. The van der Waals surface area contributed by atoms with Gasteiger partial charge in [-0.3, -0.25) is 0 Å². The molecule has 0 spiro atoms. The number of alkyl halides is 2. The average molecular weight is 233 g/mol. The van der Waals surface area contributed by atoms with Gasteiger partial charge in [-0.05, 0) is 24.8 Å². The summed E-state index contributed by atoms with van der Waals surface area (Å²) in [7, 11) is 0. The van der Waals surface area contributed by atoms with Crippen LogP contribution >= 0.6 is 11.3 Å². The van der Waals surface area contributed by atoms with Crippen molar-refractivity contribution >= 4 is 11.3 Å². The molecule has 15 heavy (non-hydrogen) atoms. The molecule has 1 nitrogen and oxygen atoms in total. The Morgan fingerprint density at radius 3 is 2.67 bits per heavy atom. The molecule has 0 saturated carbocycles. The van der Waals surface area contributed by atoms with Gasteiger partial charge in [-0.15, -0.1) is 11.3 Å². The van der Waals surface area contributed by atoms with Gasteiger partial charge in [0.05, 0.1) is 6.04 Å². The Bertz CT molecular complexity index is 262. The molecule has 0 aliphatic heterocycles. The summed E-state index contributed by atoms with van der Waals surface area (Å²) in [5, 5.41) is 4.96. The predicted molar refractivity (Wildman–Crippen MR) is 60.6 cm³/mol. The van der Waals surface area contributed by atoms with E-state index in [9.17, 15) is 8.78 Å². The molecular formula is C11H17F2NS. The van der Waals surface area contributed by atoms with Gasteiger partial charge in [0.1, 0.15) is 0 Å². The molecule has 0 aromatic carbocycles. The molecule has 2 unspecified atom stereocenters. The van der Waals surface area contributed by atoms with Crippen LogP contribution < -0.4 is 5.32 Å². The van der Waals surface area contributed by atoms with Crippen LogP contribution in [0.3, 0.4) is 0 Å². The van der Waals surface area contributed by atoms with Gasteiger partial charge in [-0.1, -0.05) is 19.4 Å². The molecule has 86 valence electrons. The number of hydrogen-bond acceptors (Lipinski definition) is 2. The fraction of sp³-hybridized carbons (Fsp3) is 0.636. The average Bonchev–Trinajstić information content (AvgIpc) is 2.69.